The molecule has 1 aromatic rings. The van der Waals surface area contributed by atoms with Crippen LogP contribution in [0.3, 0.4) is 0 Å². The molecule has 0 atom stereocenters. The fourth-order valence-corrected chi connectivity index (χ4v) is 2.42. The van der Waals surface area contributed by atoms with E-state index in [2.05, 4.69) is 20.5 Å². The second-order valence-electron chi connectivity index (χ2n) is 5.00. The molecule has 0 spiro atoms. The second kappa shape index (κ2) is 7.69. The number of pyridine rings is 1. The van der Waals surface area contributed by atoms with Crippen molar-refractivity contribution in [2.24, 2.45) is 5.92 Å². The summed E-state index contributed by atoms with van der Waals surface area (Å²) < 4.78 is 0. The highest BCUT2D eigenvalue weighted by atomic mass is 16.3. The zero-order valence-electron chi connectivity index (χ0n) is 11.6. The molecule has 2 heterocycles. The number of hydrogen-bond acceptors (Lipinski definition) is 4. The molecular formula is C14H22N4O2. The molecule has 1 saturated heterocycles. The fraction of sp³-hybridized carbons (Fsp3) is 0.571. The molecule has 20 heavy (non-hydrogen) atoms. The molecule has 2 rings (SSSR count). The van der Waals surface area contributed by atoms with Gasteiger partial charge in [0.25, 0.3) is 0 Å². The fourth-order valence-electron chi connectivity index (χ4n) is 2.42. The summed E-state index contributed by atoms with van der Waals surface area (Å²) in [6, 6.07) is 3.86. The van der Waals surface area contributed by atoms with Crippen LogP contribution in [0.25, 0.3) is 0 Å². The first-order valence-corrected chi connectivity index (χ1v) is 7.07. The zero-order chi connectivity index (χ0) is 14.2. The number of carbonyl (C=O) groups excluding carboxylic acids is 1. The molecular weight excluding hydrogens is 256 g/mol. The minimum absolute atomic E-state index is 0.0300. The van der Waals surface area contributed by atoms with Crippen LogP contribution < -0.4 is 15.5 Å². The largest absolute Gasteiger partial charge is 0.395 e. The van der Waals surface area contributed by atoms with Gasteiger partial charge in [-0.05, 0) is 30.9 Å². The number of anilines is 1. The monoisotopic (exact) mass is 278 g/mol. The molecule has 110 valence electrons. The minimum Gasteiger partial charge on any atom is -0.395 e. The molecule has 0 aliphatic carbocycles. The number of hydrogen-bond donors (Lipinski definition) is 3. The number of urea groups is 1. The molecule has 2 amide bonds. The van der Waals surface area contributed by atoms with Crippen LogP contribution in [-0.4, -0.2) is 48.9 Å². The second-order valence-corrected chi connectivity index (χ2v) is 5.00. The van der Waals surface area contributed by atoms with Crippen molar-refractivity contribution in [3.63, 3.8) is 0 Å². The molecule has 1 fully saturated rings. The van der Waals surface area contributed by atoms with Crippen molar-refractivity contribution < 1.29 is 9.90 Å². The maximum atomic E-state index is 11.4. The summed E-state index contributed by atoms with van der Waals surface area (Å²) in [4.78, 5) is 17.8. The van der Waals surface area contributed by atoms with E-state index in [0.29, 0.717) is 19.0 Å². The molecule has 0 bridgehead atoms. The number of amides is 2. The van der Waals surface area contributed by atoms with Gasteiger partial charge in [-0.2, -0.15) is 0 Å². The highest BCUT2D eigenvalue weighted by Gasteiger charge is 2.19. The van der Waals surface area contributed by atoms with Crippen molar-refractivity contribution in [2.75, 3.05) is 37.7 Å². The van der Waals surface area contributed by atoms with Crippen molar-refractivity contribution in [2.45, 2.75) is 12.8 Å². The minimum atomic E-state index is -0.199. The lowest BCUT2D eigenvalue weighted by atomic mass is 9.96. The quantitative estimate of drug-likeness (QED) is 0.736. The Morgan fingerprint density at radius 1 is 1.30 bits per heavy atom. The Morgan fingerprint density at radius 2 is 2.00 bits per heavy atom. The highest BCUT2D eigenvalue weighted by Crippen LogP contribution is 2.22. The van der Waals surface area contributed by atoms with Crippen LogP contribution in [0.2, 0.25) is 0 Å². The summed E-state index contributed by atoms with van der Waals surface area (Å²) in [6.45, 7) is 2.98. The summed E-state index contributed by atoms with van der Waals surface area (Å²) in [6.07, 6.45) is 5.77. The molecule has 1 aromatic heterocycles. The van der Waals surface area contributed by atoms with Crippen LogP contribution in [0.5, 0.6) is 0 Å². The predicted octanol–water partition coefficient (Wildman–Crippen LogP) is 0.589. The van der Waals surface area contributed by atoms with E-state index in [1.807, 2.05) is 24.5 Å². The summed E-state index contributed by atoms with van der Waals surface area (Å²) in [5.41, 5.74) is 1.21. The Bertz CT molecular complexity index is 405. The van der Waals surface area contributed by atoms with Gasteiger partial charge in [0.05, 0.1) is 6.61 Å². The number of nitrogens with zero attached hydrogens (tertiary/aromatic N) is 2. The van der Waals surface area contributed by atoms with Crippen LogP contribution in [0.1, 0.15) is 12.8 Å². The van der Waals surface area contributed by atoms with Crippen LogP contribution >= 0.6 is 0 Å². The van der Waals surface area contributed by atoms with Gasteiger partial charge in [0.2, 0.25) is 0 Å². The lowest BCUT2D eigenvalue weighted by Crippen LogP contribution is -2.42. The summed E-state index contributed by atoms with van der Waals surface area (Å²) >= 11 is 0. The van der Waals surface area contributed by atoms with Gasteiger partial charge in [0.15, 0.2) is 0 Å². The predicted molar refractivity (Wildman–Crippen MR) is 77.7 cm³/mol. The molecule has 1 aliphatic rings. The van der Waals surface area contributed by atoms with Crippen molar-refractivity contribution >= 4 is 11.7 Å². The first-order chi connectivity index (χ1) is 9.79. The molecule has 0 radical (unpaired) electrons. The number of carbonyl (C=O) groups is 1. The van der Waals surface area contributed by atoms with Gasteiger partial charge in [0, 0.05) is 44.3 Å². The van der Waals surface area contributed by atoms with Crippen LogP contribution in [0.15, 0.2) is 24.5 Å². The lowest BCUT2D eigenvalue weighted by molar-refractivity contribution is 0.231. The summed E-state index contributed by atoms with van der Waals surface area (Å²) in [5.74, 6) is 0.521. The Balaban J connectivity index is 1.68. The van der Waals surface area contributed by atoms with Crippen LogP contribution in [0, 0.1) is 5.92 Å². The van der Waals surface area contributed by atoms with Crippen LogP contribution in [0.4, 0.5) is 10.5 Å². The van der Waals surface area contributed by atoms with Gasteiger partial charge in [-0.1, -0.05) is 0 Å². The summed E-state index contributed by atoms with van der Waals surface area (Å²) in [5, 5.41) is 14.1. The molecule has 6 heteroatoms. The van der Waals surface area contributed by atoms with Gasteiger partial charge in [-0.15, -0.1) is 0 Å². The smallest absolute Gasteiger partial charge is 0.314 e. The molecule has 0 unspecified atom stereocenters. The third-order valence-electron chi connectivity index (χ3n) is 3.59. The van der Waals surface area contributed by atoms with E-state index >= 15 is 0 Å². The Labute approximate surface area is 119 Å². The molecule has 0 aromatic carbocycles. The van der Waals surface area contributed by atoms with Crippen molar-refractivity contribution in [1.82, 2.24) is 15.6 Å². The number of nitrogens with one attached hydrogen (secondary N) is 2. The van der Waals surface area contributed by atoms with Gasteiger partial charge in [0.1, 0.15) is 0 Å². The van der Waals surface area contributed by atoms with Crippen molar-refractivity contribution in [3.8, 4) is 0 Å². The maximum absolute atomic E-state index is 11.4. The first-order valence-electron chi connectivity index (χ1n) is 7.07. The van der Waals surface area contributed by atoms with Gasteiger partial charge >= 0.3 is 6.03 Å². The molecule has 1 aliphatic heterocycles. The number of aromatic nitrogens is 1. The van der Waals surface area contributed by atoms with E-state index < -0.39 is 0 Å². The third-order valence-corrected chi connectivity index (χ3v) is 3.59. The highest BCUT2D eigenvalue weighted by molar-refractivity contribution is 5.73. The van der Waals surface area contributed by atoms with Crippen molar-refractivity contribution in [1.29, 1.82) is 0 Å². The van der Waals surface area contributed by atoms with Crippen LogP contribution in [-0.2, 0) is 0 Å². The van der Waals surface area contributed by atoms with E-state index in [1.165, 1.54) is 5.69 Å². The van der Waals surface area contributed by atoms with E-state index in [9.17, 15) is 4.79 Å². The van der Waals surface area contributed by atoms with Gasteiger partial charge in [-0.25, -0.2) is 4.79 Å². The Hall–Kier alpha value is -1.82. The number of rotatable bonds is 5. The Morgan fingerprint density at radius 3 is 2.65 bits per heavy atom. The first kappa shape index (κ1) is 14.6. The molecule has 3 N–H and O–H groups in total. The van der Waals surface area contributed by atoms with E-state index in [0.717, 1.165) is 25.9 Å². The van der Waals surface area contributed by atoms with Gasteiger partial charge < -0.3 is 20.6 Å². The van der Waals surface area contributed by atoms with Gasteiger partial charge in [-0.3, -0.25) is 4.98 Å². The normalized spacial score (nSPS) is 15.9. The summed E-state index contributed by atoms with van der Waals surface area (Å²) in [7, 11) is 0. The average Bonchev–Trinajstić information content (AvgIpc) is 2.52. The van der Waals surface area contributed by atoms with E-state index in [-0.39, 0.29) is 12.6 Å². The SMILES string of the molecule is O=C(NCCO)NCC1CCN(c2ccncc2)CC1. The zero-order valence-corrected chi connectivity index (χ0v) is 11.6. The maximum Gasteiger partial charge on any atom is 0.314 e. The lowest BCUT2D eigenvalue weighted by Gasteiger charge is -2.33. The topological polar surface area (TPSA) is 77.5 Å². The molecule has 0 saturated carbocycles. The molecule has 6 nitrogen and oxygen atoms in total. The third kappa shape index (κ3) is 4.38. The standard InChI is InChI=1S/C14H22N4O2/c19-10-7-16-14(20)17-11-12-3-8-18(9-4-12)13-1-5-15-6-2-13/h1-2,5-6,12,19H,3-4,7-11H2,(H2,16,17,20). The number of aliphatic hydroxyl groups is 1. The van der Waals surface area contributed by atoms with E-state index in [1.54, 1.807) is 0 Å². The van der Waals surface area contributed by atoms with Crippen molar-refractivity contribution in [3.05, 3.63) is 24.5 Å². The number of piperidine rings is 1. The Kier molecular flexibility index (Phi) is 5.61. The average molecular weight is 278 g/mol. The number of aliphatic hydroxyl groups excluding tert-OH is 1. The van der Waals surface area contributed by atoms with E-state index in [4.69, 9.17) is 5.11 Å².